The Morgan fingerprint density at radius 3 is 2.50 bits per heavy atom. The molecule has 0 aliphatic heterocycles. The maximum atomic E-state index is 11.0. The van der Waals surface area contributed by atoms with Crippen LogP contribution in [-0.2, 0) is 9.84 Å². The quantitative estimate of drug-likeness (QED) is 0.643. The van der Waals surface area contributed by atoms with Gasteiger partial charge >= 0.3 is 0 Å². The lowest BCUT2D eigenvalue weighted by Crippen LogP contribution is -2.18. The van der Waals surface area contributed by atoms with Crippen LogP contribution in [0.1, 0.15) is 5.82 Å². The van der Waals surface area contributed by atoms with E-state index in [2.05, 4.69) is 9.97 Å². The van der Waals surface area contributed by atoms with Gasteiger partial charge in [0, 0.05) is 6.26 Å². The molecule has 1 aromatic heterocycles. The lowest BCUT2D eigenvalue weighted by atomic mass is 10.6. The number of H-pyrrole nitrogens is 1. The molecular weight excluding hydrogens is 180 g/mol. The molecule has 0 saturated carbocycles. The third-order valence-corrected chi connectivity index (χ3v) is 2.38. The fourth-order valence-electron chi connectivity index (χ4n) is 0.736. The smallest absolute Gasteiger partial charge is 0.269 e. The van der Waals surface area contributed by atoms with Gasteiger partial charge in [0.1, 0.15) is 10.7 Å². The summed E-state index contributed by atoms with van der Waals surface area (Å²) in [5.74, 6) is 0.396. The molecule has 0 radical (unpaired) electrons. The van der Waals surface area contributed by atoms with E-state index >= 15 is 0 Å². The highest BCUT2D eigenvalue weighted by molar-refractivity contribution is 7.90. The van der Waals surface area contributed by atoms with Crippen LogP contribution in [0.2, 0.25) is 0 Å². The molecule has 0 atom stereocenters. The highest BCUT2D eigenvalue weighted by Gasteiger charge is 2.11. The minimum absolute atomic E-state index is 0.298. The SMILES string of the molecule is Cc1ncc(S(C)(=O)=O)c(=O)[nH]1. The average Bonchev–Trinajstić information content (AvgIpc) is 1.83. The topological polar surface area (TPSA) is 79.9 Å². The van der Waals surface area contributed by atoms with Gasteiger partial charge in [-0.05, 0) is 6.92 Å². The number of sulfone groups is 1. The summed E-state index contributed by atoms with van der Waals surface area (Å²) in [6.07, 6.45) is 2.03. The Morgan fingerprint density at radius 2 is 2.08 bits per heavy atom. The monoisotopic (exact) mass is 188 g/mol. The first-order chi connectivity index (χ1) is 5.41. The van der Waals surface area contributed by atoms with E-state index in [9.17, 15) is 13.2 Å². The van der Waals surface area contributed by atoms with Crippen molar-refractivity contribution in [1.82, 2.24) is 9.97 Å². The zero-order valence-electron chi connectivity index (χ0n) is 6.66. The number of aromatic nitrogens is 2. The molecule has 5 nitrogen and oxygen atoms in total. The summed E-state index contributed by atoms with van der Waals surface area (Å²) in [5, 5.41) is 0. The predicted molar refractivity (Wildman–Crippen MR) is 42.7 cm³/mol. The molecule has 0 spiro atoms. The average molecular weight is 188 g/mol. The molecule has 1 N–H and O–H groups in total. The molecule has 1 aromatic rings. The fourth-order valence-corrected chi connectivity index (χ4v) is 1.37. The minimum Gasteiger partial charge on any atom is -0.310 e. The summed E-state index contributed by atoms with van der Waals surface area (Å²) in [6.45, 7) is 1.58. The largest absolute Gasteiger partial charge is 0.310 e. The number of hydrogen-bond donors (Lipinski definition) is 1. The Labute approximate surface area is 69.4 Å². The van der Waals surface area contributed by atoms with Crippen LogP contribution in [0.15, 0.2) is 15.9 Å². The fraction of sp³-hybridized carbons (Fsp3) is 0.333. The van der Waals surface area contributed by atoms with E-state index in [1.807, 2.05) is 0 Å². The Kier molecular flexibility index (Phi) is 2.01. The van der Waals surface area contributed by atoms with Crippen molar-refractivity contribution in [2.24, 2.45) is 0 Å². The van der Waals surface area contributed by atoms with Gasteiger partial charge in [0.15, 0.2) is 9.84 Å². The normalized spacial score (nSPS) is 11.5. The summed E-state index contributed by atoms with van der Waals surface area (Å²) in [4.78, 5) is 16.7. The Morgan fingerprint density at radius 1 is 1.50 bits per heavy atom. The first-order valence-electron chi connectivity index (χ1n) is 3.17. The van der Waals surface area contributed by atoms with Gasteiger partial charge in [0.25, 0.3) is 5.56 Å². The van der Waals surface area contributed by atoms with Crippen LogP contribution in [-0.4, -0.2) is 24.6 Å². The predicted octanol–water partition coefficient (Wildman–Crippen LogP) is -0.518. The van der Waals surface area contributed by atoms with Crippen molar-refractivity contribution >= 4 is 9.84 Å². The second-order valence-corrected chi connectivity index (χ2v) is 4.42. The first-order valence-corrected chi connectivity index (χ1v) is 5.06. The molecule has 1 heterocycles. The molecule has 6 heteroatoms. The molecular formula is C6H8N2O3S. The van der Waals surface area contributed by atoms with Crippen molar-refractivity contribution in [1.29, 1.82) is 0 Å². The Bertz CT molecular complexity index is 446. The van der Waals surface area contributed by atoms with E-state index in [-0.39, 0.29) is 4.90 Å². The third kappa shape index (κ3) is 1.70. The molecule has 1 rings (SSSR count). The maximum Gasteiger partial charge on any atom is 0.269 e. The van der Waals surface area contributed by atoms with E-state index in [1.165, 1.54) is 0 Å². The van der Waals surface area contributed by atoms with Gasteiger partial charge in [0.2, 0.25) is 0 Å². The molecule has 0 amide bonds. The van der Waals surface area contributed by atoms with E-state index in [0.29, 0.717) is 5.82 Å². The van der Waals surface area contributed by atoms with Crippen LogP contribution in [0.25, 0.3) is 0 Å². The van der Waals surface area contributed by atoms with Crippen molar-refractivity contribution < 1.29 is 8.42 Å². The Balaban J connectivity index is 3.50. The highest BCUT2D eigenvalue weighted by atomic mass is 32.2. The second-order valence-electron chi connectivity index (χ2n) is 2.43. The van der Waals surface area contributed by atoms with Crippen molar-refractivity contribution in [3.05, 3.63) is 22.4 Å². The molecule has 0 fully saturated rings. The second kappa shape index (κ2) is 2.71. The van der Waals surface area contributed by atoms with Gasteiger partial charge in [-0.25, -0.2) is 13.4 Å². The number of aromatic amines is 1. The van der Waals surface area contributed by atoms with E-state index in [0.717, 1.165) is 12.5 Å². The summed E-state index contributed by atoms with van der Waals surface area (Å²) >= 11 is 0. The number of hydrogen-bond acceptors (Lipinski definition) is 4. The van der Waals surface area contributed by atoms with E-state index in [1.54, 1.807) is 6.92 Å². The van der Waals surface area contributed by atoms with Gasteiger partial charge in [-0.1, -0.05) is 0 Å². The van der Waals surface area contributed by atoms with E-state index in [4.69, 9.17) is 0 Å². The Hall–Kier alpha value is -1.17. The van der Waals surface area contributed by atoms with Gasteiger partial charge in [-0.3, -0.25) is 4.79 Å². The van der Waals surface area contributed by atoms with E-state index < -0.39 is 15.4 Å². The van der Waals surface area contributed by atoms with Crippen LogP contribution in [0.4, 0.5) is 0 Å². The van der Waals surface area contributed by atoms with Crippen LogP contribution < -0.4 is 5.56 Å². The standard InChI is InChI=1S/C6H8N2O3S/c1-4-7-3-5(6(9)8-4)12(2,10)11/h3H,1-2H3,(H,7,8,9). The zero-order valence-corrected chi connectivity index (χ0v) is 7.47. The lowest BCUT2D eigenvalue weighted by molar-refractivity contribution is 0.599. The van der Waals surface area contributed by atoms with Crippen LogP contribution in [0, 0.1) is 6.92 Å². The molecule has 0 unspecified atom stereocenters. The summed E-state index contributed by atoms with van der Waals surface area (Å²) in [7, 11) is -3.46. The number of rotatable bonds is 1. The van der Waals surface area contributed by atoms with Crippen LogP contribution >= 0.6 is 0 Å². The summed E-state index contributed by atoms with van der Waals surface area (Å²) in [5.41, 5.74) is -0.620. The van der Waals surface area contributed by atoms with Crippen molar-refractivity contribution in [3.63, 3.8) is 0 Å². The maximum absolute atomic E-state index is 11.0. The number of nitrogens with one attached hydrogen (secondary N) is 1. The highest BCUT2D eigenvalue weighted by Crippen LogP contribution is 1.97. The van der Waals surface area contributed by atoms with Crippen molar-refractivity contribution in [2.75, 3.05) is 6.26 Å². The minimum atomic E-state index is -3.46. The zero-order chi connectivity index (χ0) is 9.35. The van der Waals surface area contributed by atoms with Crippen LogP contribution in [0.3, 0.4) is 0 Å². The molecule has 66 valence electrons. The summed E-state index contributed by atoms with van der Waals surface area (Å²) in [6, 6.07) is 0. The molecule has 12 heavy (non-hydrogen) atoms. The van der Waals surface area contributed by atoms with Crippen molar-refractivity contribution in [2.45, 2.75) is 11.8 Å². The van der Waals surface area contributed by atoms with Gasteiger partial charge in [-0.2, -0.15) is 0 Å². The third-order valence-electron chi connectivity index (χ3n) is 1.29. The van der Waals surface area contributed by atoms with Gasteiger partial charge in [0.05, 0.1) is 6.20 Å². The van der Waals surface area contributed by atoms with Crippen LogP contribution in [0.5, 0.6) is 0 Å². The molecule has 0 aliphatic rings. The number of aryl methyl sites for hydroxylation is 1. The molecule has 0 aliphatic carbocycles. The molecule has 0 aromatic carbocycles. The molecule has 0 bridgehead atoms. The summed E-state index contributed by atoms with van der Waals surface area (Å²) < 4.78 is 21.8. The van der Waals surface area contributed by atoms with Gasteiger partial charge < -0.3 is 4.98 Å². The van der Waals surface area contributed by atoms with Gasteiger partial charge in [-0.15, -0.1) is 0 Å². The first kappa shape index (κ1) is 8.92. The lowest BCUT2D eigenvalue weighted by Gasteiger charge is -1.95. The molecule has 0 saturated heterocycles. The van der Waals surface area contributed by atoms with Crippen molar-refractivity contribution in [3.8, 4) is 0 Å². The number of nitrogens with zero attached hydrogens (tertiary/aromatic N) is 1.